The van der Waals surface area contributed by atoms with Gasteiger partial charge in [-0.3, -0.25) is 9.78 Å². The zero-order valence-electron chi connectivity index (χ0n) is 8.31. The van der Waals surface area contributed by atoms with Crippen LogP contribution in [0.1, 0.15) is 4.88 Å². The number of pyridine rings is 1. The van der Waals surface area contributed by atoms with Gasteiger partial charge in [-0.1, -0.05) is 11.6 Å². The molecule has 0 atom stereocenters. The Hall–Kier alpha value is -1.39. The van der Waals surface area contributed by atoms with Gasteiger partial charge in [-0.15, -0.1) is 11.3 Å². The Morgan fingerprint density at radius 3 is 2.94 bits per heavy atom. The maximum absolute atomic E-state index is 11.6. The second-order valence-corrected chi connectivity index (χ2v) is 4.97. The molecule has 3 nitrogen and oxygen atoms in total. The van der Waals surface area contributed by atoms with Crippen molar-refractivity contribution in [1.29, 1.82) is 0 Å². The average Bonchev–Trinajstić information content (AvgIpc) is 2.65. The van der Waals surface area contributed by atoms with Crippen LogP contribution in [0.5, 0.6) is 0 Å². The van der Waals surface area contributed by atoms with Crippen molar-refractivity contribution in [3.05, 3.63) is 45.9 Å². The minimum Gasteiger partial charge on any atom is -0.324 e. The van der Waals surface area contributed by atoms with Crippen LogP contribution < -0.4 is 5.32 Å². The number of amides is 1. The smallest absolute Gasteiger partial charge is 0.229 e. The Labute approximate surface area is 102 Å². The first-order valence-corrected chi connectivity index (χ1v) is 5.87. The van der Waals surface area contributed by atoms with E-state index >= 15 is 0 Å². The third-order valence-corrected chi connectivity index (χ3v) is 3.14. The average molecular weight is 253 g/mol. The van der Waals surface area contributed by atoms with Crippen molar-refractivity contribution in [3.8, 4) is 0 Å². The summed E-state index contributed by atoms with van der Waals surface area (Å²) in [5.74, 6) is -0.0634. The first kappa shape index (κ1) is 11.1. The lowest BCUT2D eigenvalue weighted by atomic mass is 10.3. The first-order chi connectivity index (χ1) is 7.74. The summed E-state index contributed by atoms with van der Waals surface area (Å²) in [6.45, 7) is 0. The van der Waals surface area contributed by atoms with E-state index in [1.54, 1.807) is 30.6 Å². The van der Waals surface area contributed by atoms with E-state index in [1.807, 2.05) is 6.07 Å². The van der Waals surface area contributed by atoms with Crippen LogP contribution in [0, 0.1) is 0 Å². The van der Waals surface area contributed by atoms with Crippen LogP contribution in [0.25, 0.3) is 0 Å². The summed E-state index contributed by atoms with van der Waals surface area (Å²) in [7, 11) is 0. The Bertz CT molecular complexity index is 484. The molecule has 0 fully saturated rings. The van der Waals surface area contributed by atoms with Gasteiger partial charge in [0.1, 0.15) is 0 Å². The molecular formula is C11H9ClN2OS. The zero-order chi connectivity index (χ0) is 11.4. The van der Waals surface area contributed by atoms with Gasteiger partial charge in [0.25, 0.3) is 0 Å². The Kier molecular flexibility index (Phi) is 3.54. The summed E-state index contributed by atoms with van der Waals surface area (Å²) in [5.41, 5.74) is 0.704. The number of thiophene rings is 1. The molecule has 5 heteroatoms. The number of nitrogens with one attached hydrogen (secondary N) is 1. The van der Waals surface area contributed by atoms with Crippen LogP contribution in [0.15, 0.2) is 36.7 Å². The van der Waals surface area contributed by atoms with Crippen LogP contribution in [0.2, 0.25) is 4.34 Å². The molecule has 1 N–H and O–H groups in total. The molecule has 0 aliphatic heterocycles. The van der Waals surface area contributed by atoms with Gasteiger partial charge in [0, 0.05) is 11.1 Å². The molecule has 2 heterocycles. The minimum atomic E-state index is -0.0634. The highest BCUT2D eigenvalue weighted by atomic mass is 35.5. The number of carbonyl (C=O) groups excluding carboxylic acids is 1. The van der Waals surface area contributed by atoms with E-state index in [1.165, 1.54) is 11.3 Å². The fourth-order valence-electron chi connectivity index (χ4n) is 1.25. The number of carbonyl (C=O) groups is 1. The normalized spacial score (nSPS) is 10.1. The van der Waals surface area contributed by atoms with Crippen molar-refractivity contribution in [2.45, 2.75) is 6.42 Å². The first-order valence-electron chi connectivity index (χ1n) is 4.68. The monoisotopic (exact) mass is 252 g/mol. The highest BCUT2D eigenvalue weighted by Gasteiger charge is 2.06. The molecule has 1 amide bonds. The second-order valence-electron chi connectivity index (χ2n) is 3.17. The summed E-state index contributed by atoms with van der Waals surface area (Å²) in [5, 5.41) is 2.76. The maximum Gasteiger partial charge on any atom is 0.229 e. The zero-order valence-corrected chi connectivity index (χ0v) is 9.89. The highest BCUT2D eigenvalue weighted by molar-refractivity contribution is 7.16. The predicted molar refractivity (Wildman–Crippen MR) is 65.9 cm³/mol. The number of rotatable bonds is 3. The van der Waals surface area contributed by atoms with E-state index in [0.717, 1.165) is 4.88 Å². The molecule has 0 saturated heterocycles. The molecule has 2 aromatic rings. The topological polar surface area (TPSA) is 42.0 Å². The summed E-state index contributed by atoms with van der Waals surface area (Å²) >= 11 is 7.20. The van der Waals surface area contributed by atoms with Crippen molar-refractivity contribution in [2.24, 2.45) is 0 Å². The molecule has 0 bridgehead atoms. The van der Waals surface area contributed by atoms with Crippen molar-refractivity contribution in [2.75, 3.05) is 5.32 Å². The van der Waals surface area contributed by atoms with E-state index in [0.29, 0.717) is 16.4 Å². The fraction of sp³-hybridized carbons (Fsp3) is 0.0909. The lowest BCUT2D eigenvalue weighted by Crippen LogP contribution is -2.13. The van der Waals surface area contributed by atoms with Gasteiger partial charge in [-0.25, -0.2) is 0 Å². The number of anilines is 1. The van der Waals surface area contributed by atoms with Crippen molar-refractivity contribution in [1.82, 2.24) is 4.98 Å². The van der Waals surface area contributed by atoms with Gasteiger partial charge in [-0.05, 0) is 24.3 Å². The summed E-state index contributed by atoms with van der Waals surface area (Å²) in [6, 6.07) is 7.22. The predicted octanol–water partition coefficient (Wildman–Crippen LogP) is 2.98. The standard InChI is InChI=1S/C11H9ClN2OS/c12-10-4-3-9(16-10)6-11(15)14-8-2-1-5-13-7-8/h1-5,7H,6H2,(H,14,15). The molecule has 2 aromatic heterocycles. The lowest BCUT2D eigenvalue weighted by molar-refractivity contribution is -0.115. The van der Waals surface area contributed by atoms with E-state index < -0.39 is 0 Å². The molecule has 0 radical (unpaired) electrons. The summed E-state index contributed by atoms with van der Waals surface area (Å²) < 4.78 is 0.698. The van der Waals surface area contributed by atoms with Crippen molar-refractivity contribution in [3.63, 3.8) is 0 Å². The van der Waals surface area contributed by atoms with Crippen LogP contribution in [-0.2, 0) is 11.2 Å². The van der Waals surface area contributed by atoms with Crippen molar-refractivity contribution >= 4 is 34.5 Å². The third-order valence-electron chi connectivity index (χ3n) is 1.91. The highest BCUT2D eigenvalue weighted by Crippen LogP contribution is 2.21. The third kappa shape index (κ3) is 3.05. The fourth-order valence-corrected chi connectivity index (χ4v) is 2.33. The number of hydrogen-bond acceptors (Lipinski definition) is 3. The largest absolute Gasteiger partial charge is 0.324 e. The molecule has 0 spiro atoms. The number of halogens is 1. The van der Waals surface area contributed by atoms with Crippen LogP contribution in [-0.4, -0.2) is 10.9 Å². The summed E-state index contributed by atoms with van der Waals surface area (Å²) in [6.07, 6.45) is 3.61. The molecule has 0 aliphatic carbocycles. The summed E-state index contributed by atoms with van der Waals surface area (Å²) in [4.78, 5) is 16.5. The van der Waals surface area contributed by atoms with Crippen LogP contribution in [0.3, 0.4) is 0 Å². The second kappa shape index (κ2) is 5.09. The van der Waals surface area contributed by atoms with Crippen molar-refractivity contribution < 1.29 is 4.79 Å². The maximum atomic E-state index is 11.6. The van der Waals surface area contributed by atoms with Crippen LogP contribution in [0.4, 0.5) is 5.69 Å². The van der Waals surface area contributed by atoms with E-state index in [2.05, 4.69) is 10.3 Å². The lowest BCUT2D eigenvalue weighted by Gasteiger charge is -2.02. The number of nitrogens with zero attached hydrogens (tertiary/aromatic N) is 1. The number of aromatic nitrogens is 1. The van der Waals surface area contributed by atoms with Gasteiger partial charge >= 0.3 is 0 Å². The van der Waals surface area contributed by atoms with E-state index in [-0.39, 0.29) is 5.91 Å². The van der Waals surface area contributed by atoms with Gasteiger partial charge < -0.3 is 5.32 Å². The minimum absolute atomic E-state index is 0.0634. The molecule has 16 heavy (non-hydrogen) atoms. The molecule has 0 aliphatic rings. The SMILES string of the molecule is O=C(Cc1ccc(Cl)s1)Nc1cccnc1. The Balaban J connectivity index is 1.95. The Morgan fingerprint density at radius 1 is 1.44 bits per heavy atom. The quantitative estimate of drug-likeness (QED) is 0.913. The molecule has 0 aromatic carbocycles. The molecule has 2 rings (SSSR count). The molecule has 82 valence electrons. The number of hydrogen-bond donors (Lipinski definition) is 1. The van der Waals surface area contributed by atoms with E-state index in [9.17, 15) is 4.79 Å². The van der Waals surface area contributed by atoms with E-state index in [4.69, 9.17) is 11.6 Å². The molecule has 0 saturated carbocycles. The van der Waals surface area contributed by atoms with Crippen LogP contribution >= 0.6 is 22.9 Å². The van der Waals surface area contributed by atoms with Gasteiger partial charge in [0.15, 0.2) is 0 Å². The van der Waals surface area contributed by atoms with Gasteiger partial charge in [0.05, 0.1) is 22.6 Å². The van der Waals surface area contributed by atoms with Gasteiger partial charge in [-0.2, -0.15) is 0 Å². The van der Waals surface area contributed by atoms with Gasteiger partial charge in [0.2, 0.25) is 5.91 Å². The molecule has 0 unspecified atom stereocenters. The molecular weight excluding hydrogens is 244 g/mol. The Morgan fingerprint density at radius 2 is 2.31 bits per heavy atom.